The maximum atomic E-state index is 10.8. The van der Waals surface area contributed by atoms with E-state index < -0.39 is 4.92 Å². The van der Waals surface area contributed by atoms with Crippen molar-refractivity contribution in [2.24, 2.45) is 0 Å². The minimum Gasteiger partial charge on any atom is -0.396 e. The molecule has 2 aromatic carbocycles. The maximum Gasteiger partial charge on any atom is 0.270 e. The van der Waals surface area contributed by atoms with Gasteiger partial charge in [0.15, 0.2) is 0 Å². The predicted octanol–water partition coefficient (Wildman–Crippen LogP) is 3.39. The van der Waals surface area contributed by atoms with Gasteiger partial charge in [-0.2, -0.15) is 5.26 Å². The summed E-state index contributed by atoms with van der Waals surface area (Å²) in [5, 5.41) is 32.4. The number of nitrogens with one attached hydrogen (secondary N) is 1. The second-order valence-electron chi connectivity index (χ2n) is 5.07. The van der Waals surface area contributed by atoms with E-state index in [0.29, 0.717) is 18.5 Å². The number of hydrogen-bond donors (Lipinski definition) is 2. The molecule has 23 heavy (non-hydrogen) atoms. The van der Waals surface area contributed by atoms with E-state index in [-0.39, 0.29) is 23.9 Å². The van der Waals surface area contributed by atoms with Crippen LogP contribution in [0.1, 0.15) is 30.0 Å². The molecule has 0 aromatic heterocycles. The minimum absolute atomic E-state index is 0.0797. The van der Waals surface area contributed by atoms with Gasteiger partial charge in [0.1, 0.15) is 6.07 Å². The first-order valence-corrected chi connectivity index (χ1v) is 7.26. The van der Waals surface area contributed by atoms with Crippen LogP contribution >= 0.6 is 0 Å². The highest BCUT2D eigenvalue weighted by Crippen LogP contribution is 2.28. The molecule has 2 N–H and O–H groups in total. The molecule has 0 aliphatic heterocycles. The van der Waals surface area contributed by atoms with Gasteiger partial charge in [0.25, 0.3) is 5.69 Å². The number of nitro benzene ring substituents is 1. The van der Waals surface area contributed by atoms with Gasteiger partial charge in [0.05, 0.1) is 22.2 Å². The van der Waals surface area contributed by atoms with Crippen LogP contribution in [-0.2, 0) is 0 Å². The van der Waals surface area contributed by atoms with Crippen molar-refractivity contribution in [2.45, 2.75) is 18.9 Å². The van der Waals surface area contributed by atoms with E-state index in [1.165, 1.54) is 12.1 Å². The number of non-ortho nitro benzene ring substituents is 1. The highest BCUT2D eigenvalue weighted by Gasteiger charge is 2.15. The van der Waals surface area contributed by atoms with Crippen LogP contribution in [0.3, 0.4) is 0 Å². The van der Waals surface area contributed by atoms with Crippen LogP contribution in [0.2, 0.25) is 0 Å². The molecule has 0 aliphatic carbocycles. The van der Waals surface area contributed by atoms with Gasteiger partial charge in [0.2, 0.25) is 0 Å². The van der Waals surface area contributed by atoms with Crippen LogP contribution < -0.4 is 5.32 Å². The Morgan fingerprint density at radius 2 is 2.00 bits per heavy atom. The van der Waals surface area contributed by atoms with Crippen molar-refractivity contribution in [2.75, 3.05) is 11.9 Å². The standard InChI is InChI=1S/C17H17N3O3/c18-12-14-11-15(20(22)23)8-9-17(14)19-16(7-4-10-21)13-5-2-1-3-6-13/h1-3,5-6,8-9,11,16,19,21H,4,7,10H2/t16-/m1/s1. The number of nitriles is 1. The molecule has 2 aromatic rings. The Hall–Kier alpha value is -2.91. The number of anilines is 1. The predicted molar refractivity (Wildman–Crippen MR) is 86.9 cm³/mol. The fourth-order valence-electron chi connectivity index (χ4n) is 2.35. The second-order valence-corrected chi connectivity index (χ2v) is 5.07. The van der Waals surface area contributed by atoms with E-state index in [9.17, 15) is 15.4 Å². The summed E-state index contributed by atoms with van der Waals surface area (Å²) in [6.45, 7) is 0.0797. The molecule has 0 saturated carbocycles. The molecule has 6 nitrogen and oxygen atoms in total. The van der Waals surface area contributed by atoms with Gasteiger partial charge in [-0.1, -0.05) is 30.3 Å². The zero-order chi connectivity index (χ0) is 16.7. The molecule has 0 unspecified atom stereocenters. The number of nitro groups is 1. The topological polar surface area (TPSA) is 99.2 Å². The van der Waals surface area contributed by atoms with E-state index in [1.54, 1.807) is 6.07 Å². The van der Waals surface area contributed by atoms with Crippen molar-refractivity contribution in [3.63, 3.8) is 0 Å². The second kappa shape index (κ2) is 7.92. The van der Waals surface area contributed by atoms with Gasteiger partial charge in [0, 0.05) is 18.7 Å². The Bertz CT molecular complexity index is 711. The molecule has 0 amide bonds. The number of aliphatic hydroxyl groups is 1. The SMILES string of the molecule is N#Cc1cc([N+](=O)[O-])ccc1N[C@H](CCCO)c1ccccc1. The zero-order valence-corrected chi connectivity index (χ0v) is 12.5. The summed E-state index contributed by atoms with van der Waals surface area (Å²) in [7, 11) is 0. The normalized spacial score (nSPS) is 11.5. The maximum absolute atomic E-state index is 10.8. The lowest BCUT2D eigenvalue weighted by molar-refractivity contribution is -0.384. The first-order chi connectivity index (χ1) is 11.2. The van der Waals surface area contributed by atoms with Crippen LogP contribution in [-0.4, -0.2) is 16.6 Å². The quantitative estimate of drug-likeness (QED) is 0.603. The van der Waals surface area contributed by atoms with Gasteiger partial charge < -0.3 is 10.4 Å². The molecular weight excluding hydrogens is 294 g/mol. The monoisotopic (exact) mass is 311 g/mol. The first-order valence-electron chi connectivity index (χ1n) is 7.26. The molecule has 0 saturated heterocycles. The number of rotatable bonds is 7. The molecule has 0 spiro atoms. The molecule has 1 atom stereocenters. The summed E-state index contributed by atoms with van der Waals surface area (Å²) in [6.07, 6.45) is 1.30. The van der Waals surface area contributed by atoms with E-state index in [0.717, 1.165) is 5.56 Å². The van der Waals surface area contributed by atoms with Gasteiger partial charge in [-0.25, -0.2) is 0 Å². The van der Waals surface area contributed by atoms with Crippen molar-refractivity contribution in [1.29, 1.82) is 5.26 Å². The van der Waals surface area contributed by atoms with Crippen molar-refractivity contribution in [3.05, 3.63) is 69.8 Å². The summed E-state index contributed by atoms with van der Waals surface area (Å²) in [6, 6.07) is 15.8. The molecule has 0 aliphatic rings. The fraction of sp³-hybridized carbons (Fsp3) is 0.235. The lowest BCUT2D eigenvalue weighted by Gasteiger charge is -2.21. The third-order valence-electron chi connectivity index (χ3n) is 3.52. The summed E-state index contributed by atoms with van der Waals surface area (Å²) in [5.74, 6) is 0. The molecule has 0 radical (unpaired) electrons. The van der Waals surface area contributed by atoms with E-state index in [2.05, 4.69) is 5.32 Å². The number of benzene rings is 2. The van der Waals surface area contributed by atoms with Crippen LogP contribution in [0.5, 0.6) is 0 Å². The third-order valence-corrected chi connectivity index (χ3v) is 3.52. The summed E-state index contributed by atoms with van der Waals surface area (Å²) < 4.78 is 0. The highest BCUT2D eigenvalue weighted by atomic mass is 16.6. The highest BCUT2D eigenvalue weighted by molar-refractivity contribution is 5.62. The molecular formula is C17H17N3O3. The Morgan fingerprint density at radius 3 is 2.61 bits per heavy atom. The Kier molecular flexibility index (Phi) is 5.67. The van der Waals surface area contributed by atoms with Gasteiger partial charge in [-0.3, -0.25) is 10.1 Å². The van der Waals surface area contributed by atoms with E-state index >= 15 is 0 Å². The molecule has 2 rings (SSSR count). The van der Waals surface area contributed by atoms with E-state index in [1.807, 2.05) is 36.4 Å². The summed E-state index contributed by atoms with van der Waals surface area (Å²) in [4.78, 5) is 10.3. The number of hydrogen-bond acceptors (Lipinski definition) is 5. The molecule has 6 heteroatoms. The zero-order valence-electron chi connectivity index (χ0n) is 12.5. The number of nitrogens with zero attached hydrogens (tertiary/aromatic N) is 2. The van der Waals surface area contributed by atoms with Crippen molar-refractivity contribution in [3.8, 4) is 6.07 Å². The van der Waals surface area contributed by atoms with Gasteiger partial charge in [-0.15, -0.1) is 0 Å². The van der Waals surface area contributed by atoms with Gasteiger partial charge >= 0.3 is 0 Å². The summed E-state index contributed by atoms with van der Waals surface area (Å²) >= 11 is 0. The average molecular weight is 311 g/mol. The van der Waals surface area contributed by atoms with Crippen LogP contribution in [0, 0.1) is 21.4 Å². The fourth-order valence-corrected chi connectivity index (χ4v) is 2.35. The van der Waals surface area contributed by atoms with Crippen molar-refractivity contribution in [1.82, 2.24) is 0 Å². The smallest absolute Gasteiger partial charge is 0.270 e. The van der Waals surface area contributed by atoms with Crippen molar-refractivity contribution >= 4 is 11.4 Å². The first kappa shape index (κ1) is 16.5. The molecule has 0 heterocycles. The third kappa shape index (κ3) is 4.28. The molecule has 0 bridgehead atoms. The van der Waals surface area contributed by atoms with Crippen LogP contribution in [0.15, 0.2) is 48.5 Å². The lowest BCUT2D eigenvalue weighted by atomic mass is 10.0. The van der Waals surface area contributed by atoms with Gasteiger partial charge in [-0.05, 0) is 24.5 Å². The number of aliphatic hydroxyl groups excluding tert-OH is 1. The summed E-state index contributed by atoms with van der Waals surface area (Å²) in [5.41, 5.74) is 1.69. The Labute approximate surface area is 134 Å². The minimum atomic E-state index is -0.523. The Balaban J connectivity index is 2.29. The Morgan fingerprint density at radius 1 is 1.26 bits per heavy atom. The van der Waals surface area contributed by atoms with Crippen LogP contribution in [0.4, 0.5) is 11.4 Å². The average Bonchev–Trinajstić information content (AvgIpc) is 2.59. The van der Waals surface area contributed by atoms with E-state index in [4.69, 9.17) is 5.11 Å². The van der Waals surface area contributed by atoms with Crippen LogP contribution in [0.25, 0.3) is 0 Å². The largest absolute Gasteiger partial charge is 0.396 e. The molecule has 0 fully saturated rings. The lowest BCUT2D eigenvalue weighted by Crippen LogP contribution is -2.12. The van der Waals surface area contributed by atoms with Crippen molar-refractivity contribution < 1.29 is 10.0 Å². The molecule has 118 valence electrons.